The molecule has 5 heteroatoms. The van der Waals surface area contributed by atoms with Crippen molar-refractivity contribution < 1.29 is 4.79 Å². The second-order valence-electron chi connectivity index (χ2n) is 1.42. The van der Waals surface area contributed by atoms with E-state index in [1.54, 1.807) is 5.38 Å². The number of Topliss-reactive ketones (excluding diaryl/α,β-unsaturated/α-hetero) is 1. The molecule has 0 spiro atoms. The van der Waals surface area contributed by atoms with Crippen LogP contribution in [0.25, 0.3) is 0 Å². The van der Waals surface area contributed by atoms with Gasteiger partial charge >= 0.3 is 0 Å². The number of carbonyl (C=O) groups is 1. The van der Waals surface area contributed by atoms with E-state index in [-0.39, 0.29) is 12.3 Å². The summed E-state index contributed by atoms with van der Waals surface area (Å²) in [5.41, 5.74) is 5.41. The first-order chi connectivity index (χ1) is 4.34. The summed E-state index contributed by atoms with van der Waals surface area (Å²) in [5.74, 6) is -0.163. The molecule has 0 aliphatic carbocycles. The molecular weight excluding hydrogens is 138 g/mol. The normalized spacial score (nSPS) is 9.44. The molecule has 1 aromatic rings. The number of rotatable bonds is 2. The molecule has 0 aliphatic rings. The van der Waals surface area contributed by atoms with E-state index < -0.39 is 0 Å². The Hall–Kier alpha value is -0.810. The summed E-state index contributed by atoms with van der Waals surface area (Å²) in [4.78, 5) is 10.7. The van der Waals surface area contributed by atoms with E-state index in [4.69, 9.17) is 5.73 Å². The molecule has 1 rings (SSSR count). The second-order valence-corrected chi connectivity index (χ2v) is 2.03. The summed E-state index contributed by atoms with van der Waals surface area (Å²) in [6, 6.07) is 0. The van der Waals surface area contributed by atoms with Crippen LogP contribution in [0.2, 0.25) is 0 Å². The minimum atomic E-state index is -0.163. The van der Waals surface area contributed by atoms with Gasteiger partial charge in [0, 0.05) is 5.38 Å². The molecule has 0 bridgehead atoms. The highest BCUT2D eigenvalue weighted by molar-refractivity contribution is 7.03. The van der Waals surface area contributed by atoms with Gasteiger partial charge in [-0.2, -0.15) is 0 Å². The predicted octanol–water partition coefficient (Wildman–Crippen LogP) is -0.321. The lowest BCUT2D eigenvalue weighted by atomic mass is 10.3. The van der Waals surface area contributed by atoms with Crippen molar-refractivity contribution in [2.24, 2.45) is 5.73 Å². The van der Waals surface area contributed by atoms with Gasteiger partial charge in [-0.1, -0.05) is 4.49 Å². The van der Waals surface area contributed by atoms with Crippen LogP contribution in [0.5, 0.6) is 0 Å². The van der Waals surface area contributed by atoms with Crippen LogP contribution in [0.1, 0.15) is 10.5 Å². The SMILES string of the molecule is NCC(=O)c1csnn1. The summed E-state index contributed by atoms with van der Waals surface area (Å²) in [7, 11) is 0. The van der Waals surface area contributed by atoms with Crippen LogP contribution in [0.15, 0.2) is 5.38 Å². The monoisotopic (exact) mass is 143 g/mol. The Kier molecular flexibility index (Phi) is 1.86. The number of aromatic nitrogens is 2. The molecular formula is C4H5N3OS. The van der Waals surface area contributed by atoms with Gasteiger partial charge < -0.3 is 5.73 Å². The number of hydrogen-bond donors (Lipinski definition) is 1. The zero-order chi connectivity index (χ0) is 6.69. The highest BCUT2D eigenvalue weighted by atomic mass is 32.1. The van der Waals surface area contributed by atoms with Gasteiger partial charge in [0.2, 0.25) is 0 Å². The molecule has 0 saturated carbocycles. The van der Waals surface area contributed by atoms with Gasteiger partial charge in [0.25, 0.3) is 0 Å². The van der Waals surface area contributed by atoms with E-state index in [0.717, 1.165) is 11.5 Å². The quantitative estimate of drug-likeness (QED) is 0.576. The zero-order valence-electron chi connectivity index (χ0n) is 4.57. The molecule has 0 aromatic carbocycles. The van der Waals surface area contributed by atoms with E-state index in [1.165, 1.54) is 0 Å². The van der Waals surface area contributed by atoms with Crippen LogP contribution in [0.3, 0.4) is 0 Å². The molecule has 0 saturated heterocycles. The molecule has 0 radical (unpaired) electrons. The van der Waals surface area contributed by atoms with Crippen molar-refractivity contribution in [3.05, 3.63) is 11.1 Å². The van der Waals surface area contributed by atoms with E-state index in [2.05, 4.69) is 9.59 Å². The van der Waals surface area contributed by atoms with Gasteiger partial charge in [-0.15, -0.1) is 5.10 Å². The molecule has 1 heterocycles. The number of hydrogen-bond acceptors (Lipinski definition) is 5. The molecule has 9 heavy (non-hydrogen) atoms. The summed E-state index contributed by atoms with van der Waals surface area (Å²) >= 11 is 1.15. The Morgan fingerprint density at radius 2 is 2.67 bits per heavy atom. The molecule has 0 amide bonds. The number of ketones is 1. The van der Waals surface area contributed by atoms with Crippen molar-refractivity contribution in [2.75, 3.05) is 6.54 Å². The van der Waals surface area contributed by atoms with Crippen molar-refractivity contribution in [3.8, 4) is 0 Å². The maximum Gasteiger partial charge on any atom is 0.197 e. The standard InChI is InChI=1S/C4H5N3OS/c5-1-4(8)3-2-9-7-6-3/h2H,1,5H2. The van der Waals surface area contributed by atoms with Gasteiger partial charge in [0.05, 0.1) is 6.54 Å². The Labute approximate surface area is 55.9 Å². The van der Waals surface area contributed by atoms with Crippen molar-refractivity contribution in [2.45, 2.75) is 0 Å². The number of nitrogens with two attached hydrogens (primary N) is 1. The molecule has 0 aliphatic heterocycles. The minimum absolute atomic E-state index is 0.00537. The van der Waals surface area contributed by atoms with Crippen LogP contribution < -0.4 is 5.73 Å². The van der Waals surface area contributed by atoms with Gasteiger partial charge in [-0.05, 0) is 11.5 Å². The predicted molar refractivity (Wildman–Crippen MR) is 33.3 cm³/mol. The van der Waals surface area contributed by atoms with Crippen molar-refractivity contribution >= 4 is 17.3 Å². The van der Waals surface area contributed by atoms with Crippen LogP contribution in [-0.2, 0) is 0 Å². The molecule has 4 nitrogen and oxygen atoms in total. The van der Waals surface area contributed by atoms with Crippen LogP contribution in [-0.4, -0.2) is 21.9 Å². The number of nitrogens with zero attached hydrogens (tertiary/aromatic N) is 2. The molecule has 0 fully saturated rings. The molecule has 1 aromatic heterocycles. The van der Waals surface area contributed by atoms with Crippen molar-refractivity contribution in [3.63, 3.8) is 0 Å². The van der Waals surface area contributed by atoms with Crippen LogP contribution in [0, 0.1) is 0 Å². The lowest BCUT2D eigenvalue weighted by molar-refractivity contribution is 0.0996. The molecule has 48 valence electrons. The Balaban J connectivity index is 2.77. The minimum Gasteiger partial charge on any atom is -0.324 e. The van der Waals surface area contributed by atoms with E-state index in [0.29, 0.717) is 5.69 Å². The number of carbonyl (C=O) groups excluding carboxylic acids is 1. The van der Waals surface area contributed by atoms with Gasteiger partial charge in [0.1, 0.15) is 5.69 Å². The Morgan fingerprint density at radius 1 is 1.89 bits per heavy atom. The van der Waals surface area contributed by atoms with E-state index >= 15 is 0 Å². The topological polar surface area (TPSA) is 68.9 Å². The van der Waals surface area contributed by atoms with E-state index in [1.807, 2.05) is 0 Å². The highest BCUT2D eigenvalue weighted by Gasteiger charge is 2.04. The zero-order valence-corrected chi connectivity index (χ0v) is 5.39. The summed E-state index contributed by atoms with van der Waals surface area (Å²) in [5, 5.41) is 5.10. The molecule has 0 atom stereocenters. The summed E-state index contributed by atoms with van der Waals surface area (Å²) < 4.78 is 3.51. The third-order valence-electron chi connectivity index (χ3n) is 0.831. The third kappa shape index (κ3) is 1.30. The van der Waals surface area contributed by atoms with Crippen LogP contribution in [0.4, 0.5) is 0 Å². The van der Waals surface area contributed by atoms with E-state index in [9.17, 15) is 4.79 Å². The first kappa shape index (κ1) is 6.31. The fourth-order valence-electron chi connectivity index (χ4n) is 0.391. The lowest BCUT2D eigenvalue weighted by Gasteiger charge is -1.84. The average Bonchev–Trinajstić information content (AvgIpc) is 2.37. The third-order valence-corrected chi connectivity index (χ3v) is 1.34. The van der Waals surface area contributed by atoms with Crippen molar-refractivity contribution in [1.29, 1.82) is 0 Å². The maximum atomic E-state index is 10.7. The molecule has 0 unspecified atom stereocenters. The molecule has 2 N–H and O–H groups in total. The van der Waals surface area contributed by atoms with Crippen LogP contribution >= 0.6 is 11.5 Å². The van der Waals surface area contributed by atoms with Gasteiger partial charge in [0.15, 0.2) is 5.78 Å². The van der Waals surface area contributed by atoms with Gasteiger partial charge in [-0.3, -0.25) is 4.79 Å². The van der Waals surface area contributed by atoms with Gasteiger partial charge in [-0.25, -0.2) is 0 Å². The first-order valence-corrected chi connectivity index (χ1v) is 3.18. The second kappa shape index (κ2) is 2.65. The summed E-state index contributed by atoms with van der Waals surface area (Å²) in [6.07, 6.45) is 0. The smallest absolute Gasteiger partial charge is 0.197 e. The van der Waals surface area contributed by atoms with Crippen molar-refractivity contribution in [1.82, 2.24) is 9.59 Å². The lowest BCUT2D eigenvalue weighted by Crippen LogP contribution is -2.13. The largest absolute Gasteiger partial charge is 0.324 e. The highest BCUT2D eigenvalue weighted by Crippen LogP contribution is 1.95. The fourth-order valence-corrected chi connectivity index (χ4v) is 0.851. The Bertz CT molecular complexity index is 196. The first-order valence-electron chi connectivity index (χ1n) is 2.35. The average molecular weight is 143 g/mol. The maximum absolute atomic E-state index is 10.7. The summed E-state index contributed by atoms with van der Waals surface area (Å²) in [6.45, 7) is 0.00537. The fraction of sp³-hybridized carbons (Fsp3) is 0.250. The Morgan fingerprint density at radius 3 is 3.11 bits per heavy atom.